The first kappa shape index (κ1) is 14.3. The summed E-state index contributed by atoms with van der Waals surface area (Å²) in [4.78, 5) is 23.5. The van der Waals surface area contributed by atoms with E-state index >= 15 is 0 Å². The molecule has 2 aliphatic rings. The van der Waals surface area contributed by atoms with Crippen LogP contribution >= 0.6 is 0 Å². The Hall–Kier alpha value is -1.14. The van der Waals surface area contributed by atoms with Crippen molar-refractivity contribution in [1.29, 1.82) is 0 Å². The van der Waals surface area contributed by atoms with Gasteiger partial charge < -0.3 is 20.9 Å². The number of amides is 1. The second-order valence-corrected chi connectivity index (χ2v) is 5.94. The third-order valence-corrected chi connectivity index (χ3v) is 4.41. The Labute approximate surface area is 112 Å². The summed E-state index contributed by atoms with van der Waals surface area (Å²) < 4.78 is 5.20. The van der Waals surface area contributed by atoms with Crippen LogP contribution in [0.15, 0.2) is 0 Å². The average Bonchev–Trinajstić information content (AvgIpc) is 3.21. The first-order chi connectivity index (χ1) is 8.88. The van der Waals surface area contributed by atoms with Crippen LogP contribution in [0.4, 0.5) is 0 Å². The minimum atomic E-state index is -0.909. The first-order valence-electron chi connectivity index (χ1n) is 6.77. The van der Waals surface area contributed by atoms with E-state index in [2.05, 4.69) is 5.32 Å². The van der Waals surface area contributed by atoms with E-state index in [0.717, 1.165) is 12.8 Å². The summed E-state index contributed by atoms with van der Waals surface area (Å²) in [6.45, 7) is 2.69. The molecule has 6 nitrogen and oxygen atoms in total. The van der Waals surface area contributed by atoms with Crippen LogP contribution in [0.25, 0.3) is 0 Å². The predicted octanol–water partition coefficient (Wildman–Crippen LogP) is 0.111. The molecule has 0 bridgehead atoms. The van der Waals surface area contributed by atoms with E-state index in [-0.39, 0.29) is 18.4 Å². The molecule has 0 aromatic carbocycles. The minimum Gasteiger partial charge on any atom is -0.481 e. The zero-order valence-electron chi connectivity index (χ0n) is 11.3. The number of aliphatic carboxylic acids is 1. The molecular formula is C13H22N2O4. The Morgan fingerprint density at radius 2 is 2.00 bits per heavy atom. The Balaban J connectivity index is 1.95. The summed E-state index contributed by atoms with van der Waals surface area (Å²) in [7, 11) is 0. The zero-order chi connectivity index (χ0) is 14.1. The van der Waals surface area contributed by atoms with E-state index in [1.807, 2.05) is 0 Å². The molecule has 2 fully saturated rings. The highest BCUT2D eigenvalue weighted by molar-refractivity contribution is 5.87. The van der Waals surface area contributed by atoms with Crippen LogP contribution in [0.2, 0.25) is 0 Å². The number of nitrogens with two attached hydrogens (primary N) is 1. The normalized spacial score (nSPS) is 25.4. The van der Waals surface area contributed by atoms with E-state index < -0.39 is 16.9 Å². The molecule has 2 rings (SSSR count). The molecule has 1 atom stereocenters. The summed E-state index contributed by atoms with van der Waals surface area (Å²) >= 11 is 0. The standard InChI is InChI=1S/C13H22N2O4/c1-12(14,9-2-3-9)10(16)15-8-13(11(17)18)4-6-19-7-5-13/h9H,2-8,14H2,1H3,(H,15,16)(H,17,18). The van der Waals surface area contributed by atoms with Crippen molar-refractivity contribution >= 4 is 11.9 Å². The van der Waals surface area contributed by atoms with Gasteiger partial charge in [0.25, 0.3) is 0 Å². The third kappa shape index (κ3) is 2.90. The van der Waals surface area contributed by atoms with Gasteiger partial charge in [-0.1, -0.05) is 0 Å². The van der Waals surface area contributed by atoms with E-state index in [9.17, 15) is 14.7 Å². The third-order valence-electron chi connectivity index (χ3n) is 4.41. The predicted molar refractivity (Wildman–Crippen MR) is 68.4 cm³/mol. The van der Waals surface area contributed by atoms with E-state index in [1.54, 1.807) is 6.92 Å². The van der Waals surface area contributed by atoms with Gasteiger partial charge in [-0.15, -0.1) is 0 Å². The maximum absolute atomic E-state index is 12.1. The Morgan fingerprint density at radius 3 is 2.47 bits per heavy atom. The molecule has 1 unspecified atom stereocenters. The fraction of sp³-hybridized carbons (Fsp3) is 0.846. The molecule has 1 saturated heterocycles. The molecule has 0 spiro atoms. The van der Waals surface area contributed by atoms with Gasteiger partial charge in [0.05, 0.1) is 11.0 Å². The van der Waals surface area contributed by atoms with Gasteiger partial charge in [0.15, 0.2) is 0 Å². The number of hydrogen-bond donors (Lipinski definition) is 3. The molecule has 108 valence electrons. The van der Waals surface area contributed by atoms with Crippen LogP contribution in [0.5, 0.6) is 0 Å². The maximum Gasteiger partial charge on any atom is 0.311 e. The maximum atomic E-state index is 12.1. The van der Waals surface area contributed by atoms with E-state index in [0.29, 0.717) is 26.1 Å². The van der Waals surface area contributed by atoms with Gasteiger partial charge in [-0.2, -0.15) is 0 Å². The molecular weight excluding hydrogens is 248 g/mol. The largest absolute Gasteiger partial charge is 0.481 e. The van der Waals surface area contributed by atoms with Crippen molar-refractivity contribution in [2.24, 2.45) is 17.1 Å². The lowest BCUT2D eigenvalue weighted by molar-refractivity contribution is -0.154. The molecule has 1 heterocycles. The quantitative estimate of drug-likeness (QED) is 0.658. The van der Waals surface area contributed by atoms with Crippen LogP contribution in [0.1, 0.15) is 32.6 Å². The lowest BCUT2D eigenvalue weighted by Gasteiger charge is -2.34. The van der Waals surface area contributed by atoms with Crippen LogP contribution in [-0.4, -0.2) is 42.3 Å². The molecule has 0 radical (unpaired) electrons. The minimum absolute atomic E-state index is 0.129. The van der Waals surface area contributed by atoms with Gasteiger partial charge >= 0.3 is 5.97 Å². The van der Waals surface area contributed by atoms with Crippen molar-refractivity contribution in [3.63, 3.8) is 0 Å². The summed E-state index contributed by atoms with van der Waals surface area (Å²) in [5, 5.41) is 12.1. The summed E-state index contributed by atoms with van der Waals surface area (Å²) in [5.41, 5.74) is 4.22. The number of nitrogens with one attached hydrogen (secondary N) is 1. The van der Waals surface area contributed by atoms with Crippen molar-refractivity contribution in [3.8, 4) is 0 Å². The van der Waals surface area contributed by atoms with Crippen molar-refractivity contribution < 1.29 is 19.4 Å². The Kier molecular flexibility index (Phi) is 3.82. The first-order valence-corrected chi connectivity index (χ1v) is 6.77. The van der Waals surface area contributed by atoms with E-state index in [4.69, 9.17) is 10.5 Å². The van der Waals surface area contributed by atoms with Crippen LogP contribution in [-0.2, 0) is 14.3 Å². The van der Waals surface area contributed by atoms with Crippen molar-refractivity contribution in [2.75, 3.05) is 19.8 Å². The molecule has 0 aromatic rings. The van der Waals surface area contributed by atoms with Crippen LogP contribution in [0.3, 0.4) is 0 Å². The number of hydrogen-bond acceptors (Lipinski definition) is 4. The van der Waals surface area contributed by atoms with Crippen LogP contribution in [0, 0.1) is 11.3 Å². The average molecular weight is 270 g/mol. The lowest BCUT2D eigenvalue weighted by Crippen LogP contribution is -2.56. The summed E-state index contributed by atoms with van der Waals surface area (Å²) in [5.74, 6) is -0.897. The Bertz CT molecular complexity index is 371. The fourth-order valence-corrected chi connectivity index (χ4v) is 2.54. The van der Waals surface area contributed by atoms with Gasteiger partial charge in [-0.3, -0.25) is 9.59 Å². The number of carbonyl (C=O) groups excluding carboxylic acids is 1. The van der Waals surface area contributed by atoms with Crippen molar-refractivity contribution in [2.45, 2.75) is 38.1 Å². The monoisotopic (exact) mass is 270 g/mol. The molecule has 19 heavy (non-hydrogen) atoms. The van der Waals surface area contributed by atoms with Crippen molar-refractivity contribution in [3.05, 3.63) is 0 Å². The molecule has 4 N–H and O–H groups in total. The van der Waals surface area contributed by atoms with Gasteiger partial charge in [0.1, 0.15) is 0 Å². The number of carboxylic acids is 1. The zero-order valence-corrected chi connectivity index (χ0v) is 11.3. The molecule has 6 heteroatoms. The highest BCUT2D eigenvalue weighted by Crippen LogP contribution is 2.38. The molecule has 1 saturated carbocycles. The van der Waals surface area contributed by atoms with Gasteiger partial charge in [0, 0.05) is 19.8 Å². The number of carboxylic acid groups (broad SMARTS) is 1. The number of carbonyl (C=O) groups is 2. The topological polar surface area (TPSA) is 102 Å². The SMILES string of the molecule is CC(N)(C(=O)NCC1(C(=O)O)CCOCC1)C1CC1. The molecule has 0 aromatic heterocycles. The second kappa shape index (κ2) is 5.09. The van der Waals surface area contributed by atoms with Crippen LogP contribution < -0.4 is 11.1 Å². The molecule has 1 aliphatic carbocycles. The smallest absolute Gasteiger partial charge is 0.311 e. The number of rotatable bonds is 5. The lowest BCUT2D eigenvalue weighted by atomic mass is 9.80. The highest BCUT2D eigenvalue weighted by atomic mass is 16.5. The van der Waals surface area contributed by atoms with Gasteiger partial charge in [-0.25, -0.2) is 0 Å². The van der Waals surface area contributed by atoms with Gasteiger partial charge in [-0.05, 0) is 38.5 Å². The molecule has 1 amide bonds. The molecule has 1 aliphatic heterocycles. The number of ether oxygens (including phenoxy) is 1. The van der Waals surface area contributed by atoms with Gasteiger partial charge in [0.2, 0.25) is 5.91 Å². The summed E-state index contributed by atoms with van der Waals surface area (Å²) in [6, 6.07) is 0. The Morgan fingerprint density at radius 1 is 1.42 bits per heavy atom. The second-order valence-electron chi connectivity index (χ2n) is 5.94. The fourth-order valence-electron chi connectivity index (χ4n) is 2.54. The van der Waals surface area contributed by atoms with Crippen molar-refractivity contribution in [1.82, 2.24) is 5.32 Å². The highest BCUT2D eigenvalue weighted by Gasteiger charge is 2.46. The summed E-state index contributed by atoms with van der Waals surface area (Å²) in [6.07, 6.45) is 2.79. The van der Waals surface area contributed by atoms with E-state index in [1.165, 1.54) is 0 Å².